The Hall–Kier alpha value is -1.97. The van der Waals surface area contributed by atoms with Gasteiger partial charge in [-0.2, -0.15) is 0 Å². The van der Waals surface area contributed by atoms with Crippen LogP contribution in [0.25, 0.3) is 10.9 Å². The van der Waals surface area contributed by atoms with Crippen LogP contribution in [0.1, 0.15) is 17.7 Å². The van der Waals surface area contributed by atoms with Crippen molar-refractivity contribution in [3.8, 4) is 11.5 Å². The van der Waals surface area contributed by atoms with E-state index in [4.69, 9.17) is 9.47 Å². The first-order valence-corrected chi connectivity index (χ1v) is 6.04. The van der Waals surface area contributed by atoms with Crippen molar-refractivity contribution in [2.24, 2.45) is 0 Å². The molecule has 18 heavy (non-hydrogen) atoms. The number of pyridine rings is 1. The first-order chi connectivity index (χ1) is 8.74. The zero-order valence-electron chi connectivity index (χ0n) is 10.5. The summed E-state index contributed by atoms with van der Waals surface area (Å²) in [6.07, 6.45) is 2.84. The van der Waals surface area contributed by atoms with E-state index in [1.165, 1.54) is 0 Å². The molecule has 94 valence electrons. The molecular formula is C14H15NO3. The van der Waals surface area contributed by atoms with Crippen LogP contribution in [0.15, 0.2) is 16.9 Å². The Bertz CT molecular complexity index is 673. The van der Waals surface area contributed by atoms with Gasteiger partial charge >= 0.3 is 0 Å². The number of aromatic amines is 1. The van der Waals surface area contributed by atoms with Gasteiger partial charge in [0.25, 0.3) is 0 Å². The van der Waals surface area contributed by atoms with Crippen LogP contribution in [-0.4, -0.2) is 19.2 Å². The van der Waals surface area contributed by atoms with Crippen molar-refractivity contribution in [1.82, 2.24) is 4.98 Å². The fourth-order valence-corrected chi connectivity index (χ4v) is 2.65. The third-order valence-electron chi connectivity index (χ3n) is 3.54. The molecule has 0 amide bonds. The van der Waals surface area contributed by atoms with Crippen molar-refractivity contribution in [3.05, 3.63) is 33.6 Å². The average molecular weight is 245 g/mol. The predicted molar refractivity (Wildman–Crippen MR) is 69.7 cm³/mol. The lowest BCUT2D eigenvalue weighted by Gasteiger charge is -2.10. The lowest BCUT2D eigenvalue weighted by atomic mass is 10.1. The Morgan fingerprint density at radius 2 is 2.00 bits per heavy atom. The quantitative estimate of drug-likeness (QED) is 0.880. The molecule has 1 aromatic heterocycles. The maximum absolute atomic E-state index is 12.5. The number of nitrogens with one attached hydrogen (secondary N) is 1. The van der Waals surface area contributed by atoms with Gasteiger partial charge in [0.1, 0.15) is 11.5 Å². The largest absolute Gasteiger partial charge is 0.497 e. The van der Waals surface area contributed by atoms with Crippen molar-refractivity contribution < 1.29 is 9.47 Å². The maximum atomic E-state index is 12.5. The second kappa shape index (κ2) is 4.05. The number of benzene rings is 1. The van der Waals surface area contributed by atoms with E-state index in [-0.39, 0.29) is 5.43 Å². The molecule has 1 aliphatic rings. The first-order valence-electron chi connectivity index (χ1n) is 6.04. The Kier molecular flexibility index (Phi) is 2.51. The minimum Gasteiger partial charge on any atom is -0.497 e. The topological polar surface area (TPSA) is 51.3 Å². The lowest BCUT2D eigenvalue weighted by Crippen LogP contribution is -2.11. The molecule has 0 aliphatic heterocycles. The number of rotatable bonds is 2. The van der Waals surface area contributed by atoms with Gasteiger partial charge in [-0.3, -0.25) is 4.79 Å². The van der Waals surface area contributed by atoms with Gasteiger partial charge in [-0.1, -0.05) is 0 Å². The summed E-state index contributed by atoms with van der Waals surface area (Å²) in [4.78, 5) is 15.8. The fraction of sp³-hybridized carbons (Fsp3) is 0.357. The summed E-state index contributed by atoms with van der Waals surface area (Å²) in [6, 6.07) is 3.59. The summed E-state index contributed by atoms with van der Waals surface area (Å²) < 4.78 is 10.5. The highest BCUT2D eigenvalue weighted by molar-refractivity contribution is 5.87. The minimum atomic E-state index is 0.0933. The van der Waals surface area contributed by atoms with Crippen molar-refractivity contribution in [1.29, 1.82) is 0 Å². The van der Waals surface area contributed by atoms with Crippen LogP contribution in [0, 0.1) is 0 Å². The monoisotopic (exact) mass is 245 g/mol. The molecule has 2 aromatic rings. The summed E-state index contributed by atoms with van der Waals surface area (Å²) >= 11 is 0. The Labute approximate surface area is 105 Å². The molecule has 0 saturated carbocycles. The Morgan fingerprint density at radius 1 is 1.17 bits per heavy atom. The number of fused-ring (bicyclic) bond motifs is 2. The third kappa shape index (κ3) is 1.49. The summed E-state index contributed by atoms with van der Waals surface area (Å²) in [6.45, 7) is 0. The first kappa shape index (κ1) is 11.1. The van der Waals surface area contributed by atoms with Gasteiger partial charge in [0.2, 0.25) is 0 Å². The molecule has 3 rings (SSSR count). The van der Waals surface area contributed by atoms with E-state index >= 15 is 0 Å². The number of methoxy groups -OCH3 is 2. The summed E-state index contributed by atoms with van der Waals surface area (Å²) in [5, 5.41) is 0.624. The SMILES string of the molecule is COc1cc(OC)c2c(=O)c3c([nH]c2c1)CCC3. The maximum Gasteiger partial charge on any atom is 0.196 e. The number of ether oxygens (including phenoxy) is 2. The van der Waals surface area contributed by atoms with Crippen LogP contribution >= 0.6 is 0 Å². The zero-order valence-corrected chi connectivity index (χ0v) is 10.5. The fourth-order valence-electron chi connectivity index (χ4n) is 2.65. The highest BCUT2D eigenvalue weighted by Crippen LogP contribution is 2.30. The number of aromatic nitrogens is 1. The van der Waals surface area contributed by atoms with Crippen molar-refractivity contribution >= 4 is 10.9 Å². The van der Waals surface area contributed by atoms with Gasteiger partial charge in [0, 0.05) is 23.4 Å². The molecular weight excluding hydrogens is 230 g/mol. The normalized spacial score (nSPS) is 13.7. The second-order valence-electron chi connectivity index (χ2n) is 4.52. The summed E-state index contributed by atoms with van der Waals surface area (Å²) in [7, 11) is 3.17. The number of hydrogen-bond donors (Lipinski definition) is 1. The van der Waals surface area contributed by atoms with Gasteiger partial charge in [-0.15, -0.1) is 0 Å². The molecule has 0 bridgehead atoms. The molecule has 0 atom stereocenters. The number of aryl methyl sites for hydroxylation is 1. The molecule has 1 aliphatic carbocycles. The highest BCUT2D eigenvalue weighted by atomic mass is 16.5. The molecule has 0 unspecified atom stereocenters. The van der Waals surface area contributed by atoms with Gasteiger partial charge < -0.3 is 14.5 Å². The Balaban J connectivity index is 2.42. The molecule has 0 spiro atoms. The van der Waals surface area contributed by atoms with Crippen molar-refractivity contribution in [2.75, 3.05) is 14.2 Å². The minimum absolute atomic E-state index is 0.0933. The van der Waals surface area contributed by atoms with Crippen LogP contribution in [-0.2, 0) is 12.8 Å². The molecule has 1 N–H and O–H groups in total. The van der Waals surface area contributed by atoms with E-state index in [2.05, 4.69) is 4.98 Å². The molecule has 1 aromatic carbocycles. The smallest absolute Gasteiger partial charge is 0.196 e. The van der Waals surface area contributed by atoms with E-state index in [1.54, 1.807) is 20.3 Å². The molecule has 4 nitrogen and oxygen atoms in total. The van der Waals surface area contributed by atoms with Crippen molar-refractivity contribution in [2.45, 2.75) is 19.3 Å². The van der Waals surface area contributed by atoms with Gasteiger partial charge in [0.05, 0.1) is 25.1 Å². The van der Waals surface area contributed by atoms with E-state index in [1.807, 2.05) is 6.07 Å². The third-order valence-corrected chi connectivity index (χ3v) is 3.54. The van der Waals surface area contributed by atoms with Crippen LogP contribution < -0.4 is 14.9 Å². The molecule has 0 saturated heterocycles. The Morgan fingerprint density at radius 3 is 2.72 bits per heavy atom. The lowest BCUT2D eigenvalue weighted by molar-refractivity contribution is 0.397. The van der Waals surface area contributed by atoms with Gasteiger partial charge in [0.15, 0.2) is 5.43 Å². The molecule has 1 heterocycles. The molecule has 4 heteroatoms. The number of hydrogen-bond acceptors (Lipinski definition) is 3. The highest BCUT2D eigenvalue weighted by Gasteiger charge is 2.19. The van der Waals surface area contributed by atoms with Crippen LogP contribution in [0.3, 0.4) is 0 Å². The van der Waals surface area contributed by atoms with Crippen LogP contribution in [0.5, 0.6) is 11.5 Å². The molecule has 0 fully saturated rings. The second-order valence-corrected chi connectivity index (χ2v) is 4.52. The zero-order chi connectivity index (χ0) is 12.7. The van der Waals surface area contributed by atoms with Crippen LogP contribution in [0.4, 0.5) is 0 Å². The van der Waals surface area contributed by atoms with Crippen molar-refractivity contribution in [3.63, 3.8) is 0 Å². The molecule has 0 radical (unpaired) electrons. The van der Waals surface area contributed by atoms with Gasteiger partial charge in [-0.25, -0.2) is 0 Å². The standard InChI is InChI=1S/C14H15NO3/c1-17-8-6-11-13(12(7-8)18-2)14(16)9-4-3-5-10(9)15-11/h6-7H,3-5H2,1-2H3,(H,15,16). The number of H-pyrrole nitrogens is 1. The van der Waals surface area contributed by atoms with E-state index in [9.17, 15) is 4.79 Å². The average Bonchev–Trinajstić information content (AvgIpc) is 2.85. The van der Waals surface area contributed by atoms with E-state index < -0.39 is 0 Å². The van der Waals surface area contributed by atoms with E-state index in [0.717, 1.165) is 36.0 Å². The van der Waals surface area contributed by atoms with E-state index in [0.29, 0.717) is 16.9 Å². The predicted octanol–water partition coefficient (Wildman–Crippen LogP) is 2.03. The summed E-state index contributed by atoms with van der Waals surface area (Å²) in [5.41, 5.74) is 2.85. The summed E-state index contributed by atoms with van der Waals surface area (Å²) in [5.74, 6) is 1.26. The van der Waals surface area contributed by atoms with Crippen LogP contribution in [0.2, 0.25) is 0 Å². The van der Waals surface area contributed by atoms with Gasteiger partial charge in [-0.05, 0) is 19.3 Å².